The molecule has 2 aromatic carbocycles. The third-order valence-corrected chi connectivity index (χ3v) is 6.33. The van der Waals surface area contributed by atoms with Gasteiger partial charge in [0.2, 0.25) is 5.91 Å². The topological polar surface area (TPSA) is 55.3 Å². The number of rotatable bonds is 7. The fourth-order valence-electron chi connectivity index (χ4n) is 2.87. The lowest BCUT2D eigenvalue weighted by Crippen LogP contribution is -2.31. The highest BCUT2D eigenvalue weighted by Crippen LogP contribution is 2.35. The third kappa shape index (κ3) is 4.58. The molecule has 0 N–H and O–H groups in total. The number of nitrogens with zero attached hydrogens (tertiary/aromatic N) is 3. The number of carbonyl (C=O) groups excluding carboxylic acids is 1. The fourth-order valence-corrected chi connectivity index (χ4v) is 4.66. The molecule has 1 amide bonds. The summed E-state index contributed by atoms with van der Waals surface area (Å²) in [6.07, 6.45) is 3.50. The highest BCUT2D eigenvalue weighted by atomic mass is 32.2. The minimum atomic E-state index is 0.000675. The van der Waals surface area contributed by atoms with Crippen molar-refractivity contribution in [3.05, 3.63) is 78.6 Å². The number of ether oxygens (including phenoxy) is 1. The summed E-state index contributed by atoms with van der Waals surface area (Å²) in [6, 6.07) is 19.6. The number of methoxy groups -OCH3 is 1. The molecule has 29 heavy (non-hydrogen) atoms. The zero-order chi connectivity index (χ0) is 20.1. The second-order valence-electron chi connectivity index (χ2n) is 6.25. The SMILES string of the molecule is COc1cccc2sc(N(Cc3cccnc3)C(=O)CSc3ccccc3)nc12. The van der Waals surface area contributed by atoms with Gasteiger partial charge in [-0.2, -0.15) is 0 Å². The van der Waals surface area contributed by atoms with Crippen LogP contribution in [0.5, 0.6) is 5.75 Å². The van der Waals surface area contributed by atoms with Crippen LogP contribution in [-0.2, 0) is 11.3 Å². The Morgan fingerprint density at radius 1 is 1.10 bits per heavy atom. The van der Waals surface area contributed by atoms with E-state index in [2.05, 4.69) is 4.98 Å². The lowest BCUT2D eigenvalue weighted by atomic mass is 10.2. The third-order valence-electron chi connectivity index (χ3n) is 4.29. The fraction of sp³-hybridized carbons (Fsp3) is 0.136. The van der Waals surface area contributed by atoms with Crippen molar-refractivity contribution in [1.82, 2.24) is 9.97 Å². The molecule has 0 saturated heterocycles. The van der Waals surface area contributed by atoms with Gasteiger partial charge in [0.15, 0.2) is 5.13 Å². The van der Waals surface area contributed by atoms with Crippen LogP contribution in [0.4, 0.5) is 5.13 Å². The number of pyridine rings is 1. The predicted molar refractivity (Wildman–Crippen MR) is 119 cm³/mol. The molecule has 146 valence electrons. The molecule has 2 heterocycles. The minimum absolute atomic E-state index is 0.000675. The van der Waals surface area contributed by atoms with Crippen LogP contribution in [0.1, 0.15) is 5.56 Å². The monoisotopic (exact) mass is 421 g/mol. The summed E-state index contributed by atoms with van der Waals surface area (Å²) >= 11 is 3.01. The summed E-state index contributed by atoms with van der Waals surface area (Å²) in [5.41, 5.74) is 1.73. The summed E-state index contributed by atoms with van der Waals surface area (Å²) in [6.45, 7) is 0.421. The van der Waals surface area contributed by atoms with E-state index >= 15 is 0 Å². The van der Waals surface area contributed by atoms with Crippen LogP contribution in [-0.4, -0.2) is 28.7 Å². The van der Waals surface area contributed by atoms with E-state index in [4.69, 9.17) is 9.72 Å². The molecule has 0 fully saturated rings. The molecular weight excluding hydrogens is 402 g/mol. The van der Waals surface area contributed by atoms with Gasteiger partial charge in [-0.3, -0.25) is 14.7 Å². The van der Waals surface area contributed by atoms with Crippen molar-refractivity contribution in [2.24, 2.45) is 0 Å². The van der Waals surface area contributed by atoms with Crippen LogP contribution >= 0.6 is 23.1 Å². The van der Waals surface area contributed by atoms with Gasteiger partial charge in [-0.15, -0.1) is 11.8 Å². The predicted octanol–water partition coefficient (Wildman–Crippen LogP) is 5.03. The first-order valence-electron chi connectivity index (χ1n) is 9.05. The lowest BCUT2D eigenvalue weighted by molar-refractivity contribution is -0.116. The zero-order valence-corrected chi connectivity index (χ0v) is 17.5. The summed E-state index contributed by atoms with van der Waals surface area (Å²) in [4.78, 5) is 24.9. The van der Waals surface area contributed by atoms with E-state index in [1.54, 1.807) is 24.4 Å². The first-order chi connectivity index (χ1) is 14.2. The average molecular weight is 422 g/mol. The Morgan fingerprint density at radius 2 is 1.97 bits per heavy atom. The summed E-state index contributed by atoms with van der Waals surface area (Å²) < 4.78 is 6.42. The number of amides is 1. The van der Waals surface area contributed by atoms with Crippen LogP contribution in [0.3, 0.4) is 0 Å². The number of thiazole rings is 1. The van der Waals surface area contributed by atoms with Gasteiger partial charge in [-0.25, -0.2) is 4.98 Å². The van der Waals surface area contributed by atoms with E-state index in [-0.39, 0.29) is 5.91 Å². The first kappa shape index (κ1) is 19.4. The van der Waals surface area contributed by atoms with Crippen LogP contribution in [0.15, 0.2) is 78.0 Å². The molecule has 0 aliphatic heterocycles. The molecule has 7 heteroatoms. The van der Waals surface area contributed by atoms with Gasteiger partial charge in [-0.05, 0) is 35.9 Å². The zero-order valence-electron chi connectivity index (χ0n) is 15.8. The molecule has 5 nitrogen and oxygen atoms in total. The molecule has 4 aromatic rings. The Morgan fingerprint density at radius 3 is 2.72 bits per heavy atom. The van der Waals surface area contributed by atoms with Crippen molar-refractivity contribution in [3.8, 4) is 5.75 Å². The maximum Gasteiger partial charge on any atom is 0.239 e. The van der Waals surface area contributed by atoms with Crippen LogP contribution in [0.2, 0.25) is 0 Å². The number of aromatic nitrogens is 2. The molecule has 0 spiro atoms. The summed E-state index contributed by atoms with van der Waals surface area (Å²) in [5.74, 6) is 1.04. The van der Waals surface area contributed by atoms with Gasteiger partial charge in [0.1, 0.15) is 11.3 Å². The lowest BCUT2D eigenvalue weighted by Gasteiger charge is -2.19. The summed E-state index contributed by atoms with van der Waals surface area (Å²) in [7, 11) is 1.63. The standard InChI is InChI=1S/C22H19N3O2S2/c1-27-18-10-5-11-19-21(18)24-22(29-19)25(14-16-7-6-12-23-13-16)20(26)15-28-17-8-3-2-4-9-17/h2-13H,14-15H2,1H3. The second-order valence-corrected chi connectivity index (χ2v) is 8.30. The maximum absolute atomic E-state index is 13.2. The van der Waals surface area contributed by atoms with E-state index in [1.165, 1.54) is 23.1 Å². The van der Waals surface area contributed by atoms with Gasteiger partial charge < -0.3 is 4.74 Å². The summed E-state index contributed by atoms with van der Waals surface area (Å²) in [5, 5.41) is 0.659. The van der Waals surface area contributed by atoms with E-state index in [0.717, 1.165) is 20.7 Å². The number of para-hydroxylation sites is 1. The molecule has 0 aliphatic rings. The van der Waals surface area contributed by atoms with Gasteiger partial charge in [-0.1, -0.05) is 41.7 Å². The second kappa shape index (κ2) is 9.07. The van der Waals surface area contributed by atoms with E-state index in [9.17, 15) is 4.79 Å². The Hall–Kier alpha value is -2.90. The van der Waals surface area contributed by atoms with Crippen LogP contribution in [0, 0.1) is 0 Å². The minimum Gasteiger partial charge on any atom is -0.494 e. The molecule has 2 aromatic heterocycles. The van der Waals surface area contributed by atoms with E-state index < -0.39 is 0 Å². The van der Waals surface area contributed by atoms with Crippen molar-refractivity contribution in [2.45, 2.75) is 11.4 Å². The molecule has 0 atom stereocenters. The largest absolute Gasteiger partial charge is 0.494 e. The van der Waals surface area contributed by atoms with Crippen LogP contribution < -0.4 is 9.64 Å². The molecule has 0 bridgehead atoms. The Labute approximate surface area is 177 Å². The smallest absolute Gasteiger partial charge is 0.239 e. The number of fused-ring (bicyclic) bond motifs is 1. The van der Waals surface area contributed by atoms with E-state index in [0.29, 0.717) is 23.2 Å². The van der Waals surface area contributed by atoms with Gasteiger partial charge >= 0.3 is 0 Å². The number of anilines is 1. The number of carbonyl (C=O) groups is 1. The Kier molecular flexibility index (Phi) is 6.07. The number of hydrogen-bond donors (Lipinski definition) is 0. The van der Waals surface area contributed by atoms with Gasteiger partial charge in [0.05, 0.1) is 24.1 Å². The molecule has 0 radical (unpaired) electrons. The quantitative estimate of drug-likeness (QED) is 0.392. The van der Waals surface area contributed by atoms with Gasteiger partial charge in [0.25, 0.3) is 0 Å². The van der Waals surface area contributed by atoms with E-state index in [1.807, 2.05) is 60.7 Å². The Balaban J connectivity index is 1.63. The molecular formula is C22H19N3O2S2. The number of benzene rings is 2. The highest BCUT2D eigenvalue weighted by Gasteiger charge is 2.21. The molecule has 4 rings (SSSR count). The maximum atomic E-state index is 13.2. The Bertz CT molecular complexity index is 1100. The van der Waals surface area contributed by atoms with Crippen molar-refractivity contribution in [3.63, 3.8) is 0 Å². The van der Waals surface area contributed by atoms with Crippen LogP contribution in [0.25, 0.3) is 10.2 Å². The normalized spacial score (nSPS) is 10.8. The molecule has 0 saturated carbocycles. The number of thioether (sulfide) groups is 1. The van der Waals surface area contributed by atoms with Crippen molar-refractivity contribution >= 4 is 44.4 Å². The number of hydrogen-bond acceptors (Lipinski definition) is 6. The average Bonchev–Trinajstić information content (AvgIpc) is 3.21. The van der Waals surface area contributed by atoms with Crippen molar-refractivity contribution < 1.29 is 9.53 Å². The molecule has 0 aliphatic carbocycles. The van der Waals surface area contributed by atoms with Crippen molar-refractivity contribution in [2.75, 3.05) is 17.8 Å². The first-order valence-corrected chi connectivity index (χ1v) is 10.9. The molecule has 0 unspecified atom stereocenters. The highest BCUT2D eigenvalue weighted by molar-refractivity contribution is 8.00. The van der Waals surface area contributed by atoms with Crippen molar-refractivity contribution in [1.29, 1.82) is 0 Å². The van der Waals surface area contributed by atoms with Gasteiger partial charge in [0, 0.05) is 17.3 Å².